The summed E-state index contributed by atoms with van der Waals surface area (Å²) in [4.78, 5) is 0. The van der Waals surface area contributed by atoms with Gasteiger partial charge in [-0.25, -0.2) is 0 Å². The van der Waals surface area contributed by atoms with Crippen molar-refractivity contribution in [2.75, 3.05) is 0 Å². The van der Waals surface area contributed by atoms with Crippen LogP contribution in [0.15, 0.2) is 0 Å². The molecule has 0 aromatic heterocycles. The molecule has 1 radical (unpaired) electrons. The predicted octanol–water partition coefficient (Wildman–Crippen LogP) is 0.243. The van der Waals surface area contributed by atoms with Gasteiger partial charge in [-0.15, -0.1) is 0 Å². The van der Waals surface area contributed by atoms with Crippen LogP contribution in [-0.4, -0.2) is 42.4 Å². The number of hydrogen-bond donors (Lipinski definition) is 0. The van der Waals surface area contributed by atoms with Crippen LogP contribution in [0.2, 0.25) is 0 Å². The molecule has 4 heavy (non-hydrogen) atoms. The predicted molar refractivity (Wildman–Crippen MR) is 14.0 cm³/mol. The van der Waals surface area contributed by atoms with Crippen LogP contribution in [0.3, 0.4) is 0 Å². The van der Waals surface area contributed by atoms with E-state index in [2.05, 4.69) is 0 Å². The monoisotopic (exact) mass is 151 g/mol. The standard InChI is InChI=1S/O2P.Sr/c1-3-2;. The molecule has 0 aliphatic rings. The van der Waals surface area contributed by atoms with Gasteiger partial charge in [0, 0.05) is 0 Å². The zero-order chi connectivity index (χ0) is 3.58. The van der Waals surface area contributed by atoms with Gasteiger partial charge in [-0.2, -0.15) is 0 Å². The Labute approximate surface area is 52.5 Å². The van der Waals surface area contributed by atoms with Crippen LogP contribution in [-0.2, 0) is 9.13 Å². The van der Waals surface area contributed by atoms with Crippen molar-refractivity contribution < 1.29 is 9.13 Å². The molecule has 0 aliphatic heterocycles. The van der Waals surface area contributed by atoms with Gasteiger partial charge in [0.2, 0.25) is 0 Å². The van der Waals surface area contributed by atoms with Crippen molar-refractivity contribution in [2.45, 2.75) is 0 Å². The third kappa shape index (κ3) is 10.1. The Hall–Kier alpha value is 1.38. The molecular formula is O2PSr. The molecule has 0 atom stereocenters. The summed E-state index contributed by atoms with van der Waals surface area (Å²) in [6.07, 6.45) is 0. The van der Waals surface area contributed by atoms with Gasteiger partial charge < -0.3 is 0 Å². The molecule has 0 saturated heterocycles. The Morgan fingerprint density at radius 2 is 1.50 bits per heavy atom. The van der Waals surface area contributed by atoms with E-state index in [4.69, 9.17) is 9.13 Å². The van der Waals surface area contributed by atoms with Crippen LogP contribution in [0.4, 0.5) is 0 Å². The van der Waals surface area contributed by atoms with Crippen molar-refractivity contribution in [1.82, 2.24) is 0 Å². The average molecular weight is 151 g/mol. The maximum atomic E-state index is 9.11. The van der Waals surface area contributed by atoms with Crippen molar-refractivity contribution >= 4 is 44.2 Å². The van der Waals surface area contributed by atoms with Crippen molar-refractivity contribution in [3.8, 4) is 0 Å². The molecule has 0 N–H and O–H groups in total. The van der Waals surface area contributed by atoms with Crippen molar-refractivity contribution in [3.63, 3.8) is 0 Å². The summed E-state index contributed by atoms with van der Waals surface area (Å²) in [7, 11) is 0. The first-order valence-corrected chi connectivity index (χ1v) is 6.71. The Balaban J connectivity index is 3.51. The molecule has 0 heterocycles. The van der Waals surface area contributed by atoms with Crippen LogP contribution >= 0.6 is 1.78 Å². The maximum absolute atomic E-state index is 9.11. The van der Waals surface area contributed by atoms with Gasteiger partial charge in [0.15, 0.2) is 0 Å². The molecule has 0 rings (SSSR count). The quantitative estimate of drug-likeness (QED) is 0.366. The summed E-state index contributed by atoms with van der Waals surface area (Å²) in [6.45, 7) is 0. The summed E-state index contributed by atoms with van der Waals surface area (Å²) >= 11 is 0.119. The number of hydrogen-bond acceptors (Lipinski definition) is 2. The van der Waals surface area contributed by atoms with Gasteiger partial charge in [-0.05, 0) is 0 Å². The summed E-state index contributed by atoms with van der Waals surface area (Å²) < 4.78 is 16.3. The Morgan fingerprint density at radius 1 is 1.50 bits per heavy atom. The van der Waals surface area contributed by atoms with E-state index in [0.29, 0.717) is 0 Å². The van der Waals surface area contributed by atoms with Crippen molar-refractivity contribution in [3.05, 3.63) is 0 Å². The zero-order valence-electron chi connectivity index (χ0n) is 1.97. The Bertz CT molecular complexity index is 54.4. The van der Waals surface area contributed by atoms with E-state index in [-0.39, 0.29) is 42.4 Å². The van der Waals surface area contributed by atoms with E-state index in [9.17, 15) is 0 Å². The Kier molecular flexibility index (Phi) is 3.51. The molecule has 0 spiro atoms. The van der Waals surface area contributed by atoms with Crippen molar-refractivity contribution in [1.29, 1.82) is 0 Å². The average Bonchev–Trinajstić information content (AvgIpc) is 0.811. The normalized spacial score (nSPS) is 5.75. The molecule has 2 nitrogen and oxygen atoms in total. The van der Waals surface area contributed by atoms with E-state index in [0.717, 1.165) is 0 Å². The summed E-state index contributed by atoms with van der Waals surface area (Å²) in [6, 6.07) is 0. The molecule has 0 fully saturated rings. The second-order valence-corrected chi connectivity index (χ2v) is 4.81. The molecule has 0 bridgehead atoms. The minimum atomic E-state index is -1.95. The first kappa shape index (κ1) is 5.38. The van der Waals surface area contributed by atoms with E-state index in [1.54, 1.807) is 0 Å². The van der Waals surface area contributed by atoms with Crippen LogP contribution in [0.5, 0.6) is 0 Å². The van der Waals surface area contributed by atoms with Gasteiger partial charge >= 0.3 is 53.3 Å². The summed E-state index contributed by atoms with van der Waals surface area (Å²) in [5.41, 5.74) is 0. The van der Waals surface area contributed by atoms with Crippen LogP contribution in [0.1, 0.15) is 0 Å². The molecular weight excluding hydrogens is 151 g/mol. The van der Waals surface area contributed by atoms with Crippen molar-refractivity contribution in [2.24, 2.45) is 0 Å². The molecule has 0 unspecified atom stereocenters. The SMILES string of the molecule is O=[P](=O)[Sr]. The van der Waals surface area contributed by atoms with E-state index < -0.39 is 1.78 Å². The van der Waals surface area contributed by atoms with Gasteiger partial charge in [-0.1, -0.05) is 0 Å². The van der Waals surface area contributed by atoms with Gasteiger partial charge in [0.25, 0.3) is 0 Å². The fourth-order valence-electron chi connectivity index (χ4n) is 0. The Morgan fingerprint density at radius 3 is 1.50 bits per heavy atom. The molecule has 0 aliphatic carbocycles. The molecule has 0 aromatic carbocycles. The fourth-order valence-corrected chi connectivity index (χ4v) is 0. The van der Waals surface area contributed by atoms with Gasteiger partial charge in [0.05, 0.1) is 0 Å². The van der Waals surface area contributed by atoms with Gasteiger partial charge in [-0.3, -0.25) is 0 Å². The molecule has 19 valence electrons. The second-order valence-electron chi connectivity index (χ2n) is 0.333. The number of rotatable bonds is 0. The minimum absolute atomic E-state index is 0.119. The van der Waals surface area contributed by atoms with Crippen LogP contribution < -0.4 is 0 Å². The van der Waals surface area contributed by atoms with Crippen LogP contribution in [0, 0.1) is 0 Å². The van der Waals surface area contributed by atoms with E-state index >= 15 is 0 Å². The topological polar surface area (TPSA) is 34.1 Å². The fraction of sp³-hybridized carbons (Fsp3) is 0. The van der Waals surface area contributed by atoms with Crippen LogP contribution in [0.25, 0.3) is 0 Å². The third-order valence-electron chi connectivity index (χ3n) is 0. The van der Waals surface area contributed by atoms with E-state index in [1.807, 2.05) is 0 Å². The summed E-state index contributed by atoms with van der Waals surface area (Å²) in [5, 5.41) is 0. The third-order valence-corrected chi connectivity index (χ3v) is 0. The zero-order valence-corrected chi connectivity index (χ0v) is 6.34. The second kappa shape index (κ2) is 2.61. The molecule has 4 heteroatoms. The molecule has 0 amide bonds. The van der Waals surface area contributed by atoms with E-state index in [1.165, 1.54) is 0 Å². The summed E-state index contributed by atoms with van der Waals surface area (Å²) in [5.74, 6) is 0. The van der Waals surface area contributed by atoms with Gasteiger partial charge in [0.1, 0.15) is 0 Å². The first-order chi connectivity index (χ1) is 1.73. The molecule has 0 saturated carbocycles. The molecule has 0 aromatic rings. The first-order valence-electron chi connectivity index (χ1n) is 0.681.